The summed E-state index contributed by atoms with van der Waals surface area (Å²) >= 11 is 0. The van der Waals surface area contributed by atoms with Crippen molar-refractivity contribution in [3.8, 4) is 0 Å². The number of nitrogen functional groups attached to an aromatic ring is 1. The molecule has 15 heavy (non-hydrogen) atoms. The standard InChI is InChI=1S/C9H13N5O/c10-14-8-3-1-2-7(13-8)12-6-4-9(15)11-5-6/h1-3,6H,4-5,10H2,(H,11,15)(H2,12,13,14). The van der Waals surface area contributed by atoms with Gasteiger partial charge in [0, 0.05) is 13.0 Å². The molecule has 6 heteroatoms. The molecule has 1 unspecified atom stereocenters. The lowest BCUT2D eigenvalue weighted by Gasteiger charge is -2.11. The van der Waals surface area contributed by atoms with Gasteiger partial charge in [-0.3, -0.25) is 4.79 Å². The Kier molecular flexibility index (Phi) is 2.68. The first-order valence-corrected chi connectivity index (χ1v) is 4.75. The third-order valence-electron chi connectivity index (χ3n) is 2.23. The average Bonchev–Trinajstić information content (AvgIpc) is 2.64. The molecule has 0 aromatic carbocycles. The number of amides is 1. The van der Waals surface area contributed by atoms with E-state index in [0.29, 0.717) is 24.6 Å². The third-order valence-corrected chi connectivity index (χ3v) is 2.23. The molecule has 0 bridgehead atoms. The van der Waals surface area contributed by atoms with E-state index in [1.54, 1.807) is 6.07 Å². The molecule has 1 amide bonds. The maximum absolute atomic E-state index is 11.0. The Balaban J connectivity index is 2.01. The summed E-state index contributed by atoms with van der Waals surface area (Å²) in [7, 11) is 0. The van der Waals surface area contributed by atoms with Crippen molar-refractivity contribution >= 4 is 17.5 Å². The number of hydrogen-bond donors (Lipinski definition) is 4. The van der Waals surface area contributed by atoms with E-state index in [9.17, 15) is 4.79 Å². The molecule has 1 fully saturated rings. The minimum Gasteiger partial charge on any atom is -0.365 e. The number of anilines is 2. The van der Waals surface area contributed by atoms with Crippen LogP contribution in [0.15, 0.2) is 18.2 Å². The monoisotopic (exact) mass is 207 g/mol. The molecule has 1 aromatic heterocycles. The zero-order valence-corrected chi connectivity index (χ0v) is 8.16. The summed E-state index contributed by atoms with van der Waals surface area (Å²) < 4.78 is 0. The van der Waals surface area contributed by atoms with Gasteiger partial charge in [0.1, 0.15) is 11.6 Å². The molecule has 0 aliphatic carbocycles. The van der Waals surface area contributed by atoms with Crippen LogP contribution < -0.4 is 21.9 Å². The number of hydrazine groups is 1. The van der Waals surface area contributed by atoms with Crippen LogP contribution in [0.1, 0.15) is 6.42 Å². The number of nitrogens with one attached hydrogen (secondary N) is 3. The van der Waals surface area contributed by atoms with Gasteiger partial charge in [0.15, 0.2) is 0 Å². The van der Waals surface area contributed by atoms with Crippen LogP contribution in [0.5, 0.6) is 0 Å². The molecule has 2 rings (SSSR count). The lowest BCUT2D eigenvalue weighted by atomic mass is 10.2. The number of carbonyl (C=O) groups is 1. The predicted octanol–water partition coefficient (Wildman–Crippen LogP) is -0.332. The van der Waals surface area contributed by atoms with Crippen molar-refractivity contribution in [2.45, 2.75) is 12.5 Å². The normalized spacial score (nSPS) is 19.8. The van der Waals surface area contributed by atoms with E-state index < -0.39 is 0 Å². The quantitative estimate of drug-likeness (QED) is 0.402. The predicted molar refractivity (Wildman–Crippen MR) is 57.1 cm³/mol. The van der Waals surface area contributed by atoms with Crippen LogP contribution >= 0.6 is 0 Å². The summed E-state index contributed by atoms with van der Waals surface area (Å²) in [5.74, 6) is 6.62. The Labute approximate surface area is 87.2 Å². The Morgan fingerprint density at radius 3 is 2.93 bits per heavy atom. The highest BCUT2D eigenvalue weighted by molar-refractivity contribution is 5.79. The van der Waals surface area contributed by atoms with E-state index in [1.807, 2.05) is 12.1 Å². The van der Waals surface area contributed by atoms with Gasteiger partial charge in [-0.1, -0.05) is 6.07 Å². The second-order valence-corrected chi connectivity index (χ2v) is 3.40. The molecule has 1 aliphatic rings. The summed E-state index contributed by atoms with van der Waals surface area (Å²) in [4.78, 5) is 15.2. The lowest BCUT2D eigenvalue weighted by molar-refractivity contribution is -0.119. The highest BCUT2D eigenvalue weighted by atomic mass is 16.1. The van der Waals surface area contributed by atoms with Crippen molar-refractivity contribution in [3.05, 3.63) is 18.2 Å². The van der Waals surface area contributed by atoms with Gasteiger partial charge < -0.3 is 16.1 Å². The first kappa shape index (κ1) is 9.72. The molecule has 0 spiro atoms. The Morgan fingerprint density at radius 1 is 1.47 bits per heavy atom. The molecule has 2 heterocycles. The Morgan fingerprint density at radius 2 is 2.27 bits per heavy atom. The van der Waals surface area contributed by atoms with E-state index in [2.05, 4.69) is 21.0 Å². The number of nitrogens with two attached hydrogens (primary N) is 1. The number of hydrogen-bond acceptors (Lipinski definition) is 5. The number of nitrogens with zero attached hydrogens (tertiary/aromatic N) is 1. The van der Waals surface area contributed by atoms with Crippen molar-refractivity contribution in [1.82, 2.24) is 10.3 Å². The molecule has 6 nitrogen and oxygen atoms in total. The summed E-state index contributed by atoms with van der Waals surface area (Å²) in [5, 5.41) is 5.90. The topological polar surface area (TPSA) is 92.1 Å². The fourth-order valence-corrected chi connectivity index (χ4v) is 1.51. The zero-order valence-electron chi connectivity index (χ0n) is 8.16. The first-order valence-electron chi connectivity index (χ1n) is 4.75. The van der Waals surface area contributed by atoms with E-state index in [0.717, 1.165) is 0 Å². The molecular weight excluding hydrogens is 194 g/mol. The van der Waals surface area contributed by atoms with E-state index in [4.69, 9.17) is 5.84 Å². The lowest BCUT2D eigenvalue weighted by Crippen LogP contribution is -2.23. The Hall–Kier alpha value is -1.82. The van der Waals surface area contributed by atoms with Crippen molar-refractivity contribution < 1.29 is 4.79 Å². The highest BCUT2D eigenvalue weighted by Gasteiger charge is 2.21. The molecule has 1 saturated heterocycles. The summed E-state index contributed by atoms with van der Waals surface area (Å²) in [6.45, 7) is 0.640. The van der Waals surface area contributed by atoms with Crippen molar-refractivity contribution in [2.24, 2.45) is 5.84 Å². The smallest absolute Gasteiger partial charge is 0.222 e. The van der Waals surface area contributed by atoms with Crippen LogP contribution in [0.3, 0.4) is 0 Å². The van der Waals surface area contributed by atoms with Gasteiger partial charge in [0.25, 0.3) is 0 Å². The number of rotatable bonds is 3. The fourth-order valence-electron chi connectivity index (χ4n) is 1.51. The van der Waals surface area contributed by atoms with Crippen LogP contribution in [0.25, 0.3) is 0 Å². The minimum atomic E-state index is 0.0700. The molecular formula is C9H13N5O. The SMILES string of the molecule is NNc1cccc(NC2CNC(=O)C2)n1. The van der Waals surface area contributed by atoms with Crippen LogP contribution in [-0.2, 0) is 4.79 Å². The molecule has 0 radical (unpaired) electrons. The average molecular weight is 207 g/mol. The van der Waals surface area contributed by atoms with Gasteiger partial charge in [0.2, 0.25) is 5.91 Å². The number of aromatic nitrogens is 1. The fraction of sp³-hybridized carbons (Fsp3) is 0.333. The van der Waals surface area contributed by atoms with Gasteiger partial charge in [0.05, 0.1) is 6.04 Å². The largest absolute Gasteiger partial charge is 0.365 e. The summed E-state index contributed by atoms with van der Waals surface area (Å²) in [5.41, 5.74) is 2.47. The zero-order chi connectivity index (χ0) is 10.7. The molecule has 1 atom stereocenters. The second kappa shape index (κ2) is 4.14. The van der Waals surface area contributed by atoms with Crippen molar-refractivity contribution in [2.75, 3.05) is 17.3 Å². The molecule has 1 aliphatic heterocycles. The molecule has 1 aromatic rings. The van der Waals surface area contributed by atoms with Gasteiger partial charge in [-0.05, 0) is 12.1 Å². The van der Waals surface area contributed by atoms with Crippen LogP contribution in [0.4, 0.5) is 11.6 Å². The highest BCUT2D eigenvalue weighted by Crippen LogP contribution is 2.11. The van der Waals surface area contributed by atoms with Crippen molar-refractivity contribution in [1.29, 1.82) is 0 Å². The van der Waals surface area contributed by atoms with Gasteiger partial charge in [-0.2, -0.15) is 0 Å². The van der Waals surface area contributed by atoms with Gasteiger partial charge in [-0.15, -0.1) is 0 Å². The maximum atomic E-state index is 11.0. The molecule has 5 N–H and O–H groups in total. The van der Waals surface area contributed by atoms with Crippen LogP contribution in [0.2, 0.25) is 0 Å². The number of carbonyl (C=O) groups excluding carboxylic acids is 1. The first-order chi connectivity index (χ1) is 7.28. The van der Waals surface area contributed by atoms with Crippen LogP contribution in [0, 0.1) is 0 Å². The molecule has 80 valence electrons. The summed E-state index contributed by atoms with van der Waals surface area (Å²) in [6.07, 6.45) is 0.488. The van der Waals surface area contributed by atoms with E-state index >= 15 is 0 Å². The van der Waals surface area contributed by atoms with Gasteiger partial charge in [-0.25, -0.2) is 10.8 Å². The van der Waals surface area contributed by atoms with Crippen LogP contribution in [-0.4, -0.2) is 23.5 Å². The second-order valence-electron chi connectivity index (χ2n) is 3.40. The van der Waals surface area contributed by atoms with E-state index in [-0.39, 0.29) is 11.9 Å². The Bertz CT molecular complexity index is 367. The third kappa shape index (κ3) is 2.35. The van der Waals surface area contributed by atoms with E-state index in [1.165, 1.54) is 0 Å². The maximum Gasteiger partial charge on any atom is 0.222 e. The minimum absolute atomic E-state index is 0.0700. The van der Waals surface area contributed by atoms with Gasteiger partial charge >= 0.3 is 0 Å². The summed E-state index contributed by atoms with van der Waals surface area (Å²) in [6, 6.07) is 5.56. The molecule has 0 saturated carbocycles. The van der Waals surface area contributed by atoms with Crippen molar-refractivity contribution in [3.63, 3.8) is 0 Å². The number of pyridine rings is 1.